The van der Waals surface area contributed by atoms with E-state index in [0.717, 1.165) is 12.1 Å². The molecule has 7 heteroatoms. The zero-order valence-electron chi connectivity index (χ0n) is 10.7. The molecule has 106 valence electrons. The summed E-state index contributed by atoms with van der Waals surface area (Å²) in [6.07, 6.45) is -3.18. The number of halogens is 3. The monoisotopic (exact) mass is 275 g/mol. The Morgan fingerprint density at radius 3 is 2.53 bits per heavy atom. The van der Waals surface area contributed by atoms with Crippen LogP contribution in [0, 0.1) is 0 Å². The Bertz CT molecular complexity index is 429. The number of rotatable bonds is 4. The Balaban J connectivity index is 2.72. The molecule has 0 aliphatic carbocycles. The average molecular weight is 275 g/mol. The van der Waals surface area contributed by atoms with Gasteiger partial charge in [0, 0.05) is 25.8 Å². The Morgan fingerprint density at radius 1 is 1.47 bits per heavy atom. The molecule has 0 bridgehead atoms. The van der Waals surface area contributed by atoms with Gasteiger partial charge in [0.25, 0.3) is 5.91 Å². The maximum atomic E-state index is 12.3. The van der Waals surface area contributed by atoms with Crippen molar-refractivity contribution in [1.29, 1.82) is 0 Å². The van der Waals surface area contributed by atoms with E-state index in [1.807, 2.05) is 6.92 Å². The van der Waals surface area contributed by atoms with Crippen LogP contribution in [0.1, 0.15) is 29.4 Å². The molecule has 0 saturated heterocycles. The second-order valence-corrected chi connectivity index (χ2v) is 4.42. The van der Waals surface area contributed by atoms with Crippen LogP contribution in [-0.4, -0.2) is 35.4 Å². The van der Waals surface area contributed by atoms with Crippen molar-refractivity contribution in [3.63, 3.8) is 0 Å². The van der Waals surface area contributed by atoms with E-state index in [4.69, 9.17) is 5.73 Å². The maximum Gasteiger partial charge on any atom is 0.417 e. The first-order valence-electron chi connectivity index (χ1n) is 5.76. The van der Waals surface area contributed by atoms with E-state index in [-0.39, 0.29) is 11.7 Å². The summed E-state index contributed by atoms with van der Waals surface area (Å²) in [6.45, 7) is 2.24. The number of nitrogens with zero attached hydrogens (tertiary/aromatic N) is 2. The first-order valence-corrected chi connectivity index (χ1v) is 5.76. The predicted molar refractivity (Wildman–Crippen MR) is 64.5 cm³/mol. The van der Waals surface area contributed by atoms with Crippen LogP contribution in [0.4, 0.5) is 13.2 Å². The largest absolute Gasteiger partial charge is 0.417 e. The van der Waals surface area contributed by atoms with Gasteiger partial charge in [0.05, 0.1) is 5.56 Å². The third kappa shape index (κ3) is 4.51. The third-order valence-electron chi connectivity index (χ3n) is 2.58. The van der Waals surface area contributed by atoms with Gasteiger partial charge in [-0.2, -0.15) is 13.2 Å². The van der Waals surface area contributed by atoms with Crippen LogP contribution in [0.5, 0.6) is 0 Å². The third-order valence-corrected chi connectivity index (χ3v) is 2.58. The summed E-state index contributed by atoms with van der Waals surface area (Å²) >= 11 is 0. The van der Waals surface area contributed by atoms with Gasteiger partial charge in [-0.1, -0.05) is 0 Å². The normalized spacial score (nSPS) is 13.2. The summed E-state index contributed by atoms with van der Waals surface area (Å²) in [6, 6.07) is 1.88. The molecule has 0 spiro atoms. The Kier molecular flexibility index (Phi) is 4.88. The molecule has 1 atom stereocenters. The number of hydrogen-bond acceptors (Lipinski definition) is 3. The molecule has 4 nitrogen and oxygen atoms in total. The minimum Gasteiger partial charge on any atom is -0.340 e. The first-order chi connectivity index (χ1) is 8.71. The zero-order valence-corrected chi connectivity index (χ0v) is 10.7. The number of aromatic nitrogens is 1. The molecule has 1 aromatic heterocycles. The lowest BCUT2D eigenvalue weighted by molar-refractivity contribution is -0.137. The first kappa shape index (κ1) is 15.4. The highest BCUT2D eigenvalue weighted by Gasteiger charge is 2.31. The van der Waals surface area contributed by atoms with Crippen molar-refractivity contribution >= 4 is 5.91 Å². The number of nitrogens with two attached hydrogens (primary N) is 1. The fourth-order valence-electron chi connectivity index (χ4n) is 1.38. The molecular formula is C12H16F3N3O. The molecule has 1 heterocycles. The highest BCUT2D eigenvalue weighted by atomic mass is 19.4. The van der Waals surface area contributed by atoms with E-state index in [2.05, 4.69) is 4.98 Å². The van der Waals surface area contributed by atoms with E-state index in [1.54, 1.807) is 7.05 Å². The van der Waals surface area contributed by atoms with Crippen LogP contribution in [0.25, 0.3) is 0 Å². The average Bonchev–Trinajstić information content (AvgIpc) is 2.34. The van der Waals surface area contributed by atoms with Crippen molar-refractivity contribution in [2.45, 2.75) is 25.6 Å². The van der Waals surface area contributed by atoms with Gasteiger partial charge < -0.3 is 10.6 Å². The van der Waals surface area contributed by atoms with E-state index in [1.165, 1.54) is 4.90 Å². The van der Waals surface area contributed by atoms with Crippen LogP contribution in [0.3, 0.4) is 0 Å². The van der Waals surface area contributed by atoms with Gasteiger partial charge in [-0.15, -0.1) is 0 Å². The number of alkyl halides is 3. The van der Waals surface area contributed by atoms with Gasteiger partial charge in [0.15, 0.2) is 0 Å². The molecule has 0 aliphatic rings. The van der Waals surface area contributed by atoms with E-state index in [9.17, 15) is 18.0 Å². The van der Waals surface area contributed by atoms with Crippen LogP contribution in [-0.2, 0) is 6.18 Å². The summed E-state index contributed by atoms with van der Waals surface area (Å²) in [5.41, 5.74) is 4.68. The van der Waals surface area contributed by atoms with Gasteiger partial charge in [0.2, 0.25) is 0 Å². The SMILES string of the molecule is CC(N)CCN(C)C(=O)c1ccc(C(F)(F)F)cn1. The molecule has 1 rings (SSSR count). The second-order valence-electron chi connectivity index (χ2n) is 4.42. The molecule has 0 radical (unpaired) electrons. The summed E-state index contributed by atoms with van der Waals surface area (Å²) < 4.78 is 37.0. The topological polar surface area (TPSA) is 59.2 Å². The van der Waals surface area contributed by atoms with Gasteiger partial charge in [-0.25, -0.2) is 0 Å². The fraction of sp³-hybridized carbons (Fsp3) is 0.500. The summed E-state index contributed by atoms with van der Waals surface area (Å²) in [4.78, 5) is 16.8. The minimum absolute atomic E-state index is 0.0137. The maximum absolute atomic E-state index is 12.3. The number of pyridine rings is 1. The molecule has 0 aromatic carbocycles. The minimum atomic E-state index is -4.45. The van der Waals surface area contributed by atoms with E-state index in [0.29, 0.717) is 19.2 Å². The molecule has 1 aromatic rings. The molecule has 1 unspecified atom stereocenters. The van der Waals surface area contributed by atoms with Crippen molar-refractivity contribution in [1.82, 2.24) is 9.88 Å². The highest BCUT2D eigenvalue weighted by Crippen LogP contribution is 2.28. The van der Waals surface area contributed by atoms with E-state index >= 15 is 0 Å². The zero-order chi connectivity index (χ0) is 14.6. The number of hydrogen-bond donors (Lipinski definition) is 1. The number of amides is 1. The smallest absolute Gasteiger partial charge is 0.340 e. The Labute approximate surface area is 109 Å². The van der Waals surface area contributed by atoms with Crippen molar-refractivity contribution in [2.75, 3.05) is 13.6 Å². The van der Waals surface area contributed by atoms with Gasteiger partial charge in [-0.3, -0.25) is 9.78 Å². The van der Waals surface area contributed by atoms with Crippen molar-refractivity contribution in [2.24, 2.45) is 5.73 Å². The van der Waals surface area contributed by atoms with Gasteiger partial charge >= 0.3 is 6.18 Å². The molecule has 0 saturated carbocycles. The van der Waals surface area contributed by atoms with Crippen LogP contribution < -0.4 is 5.73 Å². The van der Waals surface area contributed by atoms with Crippen LogP contribution in [0.15, 0.2) is 18.3 Å². The summed E-state index contributed by atoms with van der Waals surface area (Å²) in [5.74, 6) is -0.422. The summed E-state index contributed by atoms with van der Waals surface area (Å²) in [7, 11) is 1.56. The Morgan fingerprint density at radius 2 is 2.11 bits per heavy atom. The van der Waals surface area contributed by atoms with E-state index < -0.39 is 17.6 Å². The predicted octanol–water partition coefficient (Wildman–Crippen LogP) is 1.91. The van der Waals surface area contributed by atoms with Gasteiger partial charge in [0.1, 0.15) is 5.69 Å². The highest BCUT2D eigenvalue weighted by molar-refractivity contribution is 5.92. The molecular weight excluding hydrogens is 259 g/mol. The summed E-state index contributed by atoms with van der Waals surface area (Å²) in [5, 5.41) is 0. The quantitative estimate of drug-likeness (QED) is 0.913. The molecule has 0 aliphatic heterocycles. The number of carbonyl (C=O) groups excluding carboxylic acids is 1. The standard InChI is InChI=1S/C12H16F3N3O/c1-8(16)5-6-18(2)11(19)10-4-3-9(7-17-10)12(13,14)15/h3-4,7-8H,5-6,16H2,1-2H3. The lowest BCUT2D eigenvalue weighted by Crippen LogP contribution is -2.31. The lowest BCUT2D eigenvalue weighted by atomic mass is 10.2. The Hall–Kier alpha value is -1.63. The molecule has 2 N–H and O–H groups in total. The van der Waals surface area contributed by atoms with Crippen molar-refractivity contribution in [3.8, 4) is 0 Å². The molecule has 19 heavy (non-hydrogen) atoms. The van der Waals surface area contributed by atoms with Crippen LogP contribution in [0.2, 0.25) is 0 Å². The lowest BCUT2D eigenvalue weighted by Gasteiger charge is -2.18. The van der Waals surface area contributed by atoms with Crippen molar-refractivity contribution in [3.05, 3.63) is 29.6 Å². The number of carbonyl (C=O) groups is 1. The molecule has 0 fully saturated rings. The molecule has 1 amide bonds. The fourth-order valence-corrected chi connectivity index (χ4v) is 1.38. The van der Waals surface area contributed by atoms with Crippen LogP contribution >= 0.6 is 0 Å². The van der Waals surface area contributed by atoms with Crippen molar-refractivity contribution < 1.29 is 18.0 Å². The van der Waals surface area contributed by atoms with Gasteiger partial charge in [-0.05, 0) is 25.5 Å². The second kappa shape index (κ2) is 6.01.